The highest BCUT2D eigenvalue weighted by Crippen LogP contribution is 2.23. The van der Waals surface area contributed by atoms with E-state index in [0.29, 0.717) is 6.04 Å². The van der Waals surface area contributed by atoms with Gasteiger partial charge in [-0.15, -0.1) is 0 Å². The van der Waals surface area contributed by atoms with Crippen molar-refractivity contribution >= 4 is 23.1 Å². The third-order valence-corrected chi connectivity index (χ3v) is 4.42. The maximum Gasteiger partial charge on any atom is 0.128 e. The van der Waals surface area contributed by atoms with Gasteiger partial charge in [0.25, 0.3) is 0 Å². The summed E-state index contributed by atoms with van der Waals surface area (Å²) in [4.78, 5) is 6.77. The van der Waals surface area contributed by atoms with Crippen LogP contribution in [0.3, 0.4) is 0 Å². The molecule has 1 N–H and O–H groups in total. The van der Waals surface area contributed by atoms with Crippen molar-refractivity contribution in [2.75, 3.05) is 23.3 Å². The van der Waals surface area contributed by atoms with Gasteiger partial charge < -0.3 is 10.2 Å². The van der Waals surface area contributed by atoms with E-state index in [9.17, 15) is 0 Å². The Morgan fingerprint density at radius 1 is 1.19 bits per heavy atom. The number of hydrogen-bond donors (Lipinski definition) is 1. The topological polar surface area (TPSA) is 28.2 Å². The third kappa shape index (κ3) is 3.48. The van der Waals surface area contributed by atoms with Crippen LogP contribution in [-0.4, -0.2) is 24.1 Å². The Labute approximate surface area is 131 Å². The molecule has 21 heavy (non-hydrogen) atoms. The molecule has 1 aromatic carbocycles. The molecular formula is C17H20ClN3. The van der Waals surface area contributed by atoms with Crippen LogP contribution in [0, 0.1) is 6.92 Å². The molecule has 0 aliphatic carbocycles. The molecule has 0 spiro atoms. The van der Waals surface area contributed by atoms with Gasteiger partial charge in [0.05, 0.1) is 0 Å². The first-order chi connectivity index (χ1) is 10.2. The summed E-state index contributed by atoms with van der Waals surface area (Å²) in [6.45, 7) is 4.10. The molecule has 3 nitrogen and oxygen atoms in total. The van der Waals surface area contributed by atoms with Crippen LogP contribution in [0.2, 0.25) is 5.02 Å². The first-order valence-electron chi connectivity index (χ1n) is 7.41. The lowest BCUT2D eigenvalue weighted by atomic mass is 10.0. The fraction of sp³-hybridized carbons (Fsp3) is 0.353. The van der Waals surface area contributed by atoms with Gasteiger partial charge in [0, 0.05) is 36.0 Å². The first-order valence-corrected chi connectivity index (χ1v) is 7.79. The smallest absolute Gasteiger partial charge is 0.128 e. The molecule has 0 bridgehead atoms. The molecule has 4 heteroatoms. The second-order valence-electron chi connectivity index (χ2n) is 5.56. The number of aryl methyl sites for hydroxylation is 1. The number of pyridine rings is 1. The van der Waals surface area contributed by atoms with Crippen LogP contribution in [-0.2, 0) is 0 Å². The molecule has 1 saturated heterocycles. The summed E-state index contributed by atoms with van der Waals surface area (Å²) < 4.78 is 0. The average molecular weight is 302 g/mol. The zero-order valence-electron chi connectivity index (χ0n) is 12.2. The summed E-state index contributed by atoms with van der Waals surface area (Å²) in [6, 6.07) is 12.8. The summed E-state index contributed by atoms with van der Waals surface area (Å²) in [6.07, 6.45) is 4.08. The lowest BCUT2D eigenvalue weighted by molar-refractivity contribution is 0.523. The standard InChI is InChI=1S/C17H20ClN3/c1-13-5-6-15(12-16(13)18)20-14-7-10-21(11-8-14)17-4-2-3-9-19-17/h2-6,9,12,14,20H,7-8,10-11H2,1H3. The number of piperidine rings is 1. The lowest BCUT2D eigenvalue weighted by Crippen LogP contribution is -2.39. The summed E-state index contributed by atoms with van der Waals surface area (Å²) >= 11 is 6.18. The van der Waals surface area contributed by atoms with Crippen molar-refractivity contribution in [1.29, 1.82) is 0 Å². The van der Waals surface area contributed by atoms with Crippen LogP contribution in [0.4, 0.5) is 11.5 Å². The second kappa shape index (κ2) is 6.35. The number of hydrogen-bond acceptors (Lipinski definition) is 3. The highest BCUT2D eigenvalue weighted by molar-refractivity contribution is 6.31. The van der Waals surface area contributed by atoms with E-state index in [2.05, 4.69) is 33.4 Å². The molecule has 0 unspecified atom stereocenters. The molecule has 1 aromatic heterocycles. The van der Waals surface area contributed by atoms with E-state index in [4.69, 9.17) is 11.6 Å². The molecular weight excluding hydrogens is 282 g/mol. The number of benzene rings is 1. The number of nitrogens with one attached hydrogen (secondary N) is 1. The van der Waals surface area contributed by atoms with E-state index in [1.165, 1.54) is 0 Å². The Morgan fingerprint density at radius 3 is 2.67 bits per heavy atom. The quantitative estimate of drug-likeness (QED) is 0.924. The Morgan fingerprint density at radius 2 is 2.00 bits per heavy atom. The van der Waals surface area contributed by atoms with Gasteiger partial charge >= 0.3 is 0 Å². The van der Waals surface area contributed by atoms with Crippen molar-refractivity contribution in [3.05, 3.63) is 53.2 Å². The molecule has 0 saturated carbocycles. The Hall–Kier alpha value is -1.74. The second-order valence-corrected chi connectivity index (χ2v) is 5.96. The number of anilines is 2. The molecule has 0 radical (unpaired) electrons. The van der Waals surface area contributed by atoms with E-state index in [1.54, 1.807) is 0 Å². The zero-order chi connectivity index (χ0) is 14.7. The van der Waals surface area contributed by atoms with Crippen LogP contribution in [0.5, 0.6) is 0 Å². The molecule has 3 rings (SSSR count). The van der Waals surface area contributed by atoms with Gasteiger partial charge in [-0.3, -0.25) is 0 Å². The zero-order valence-corrected chi connectivity index (χ0v) is 13.0. The van der Waals surface area contributed by atoms with Crippen molar-refractivity contribution < 1.29 is 0 Å². The largest absolute Gasteiger partial charge is 0.382 e. The van der Waals surface area contributed by atoms with Crippen molar-refractivity contribution in [3.8, 4) is 0 Å². The first kappa shape index (κ1) is 14.2. The van der Waals surface area contributed by atoms with Crippen molar-refractivity contribution in [3.63, 3.8) is 0 Å². The fourth-order valence-electron chi connectivity index (χ4n) is 2.71. The van der Waals surface area contributed by atoms with E-state index in [1.807, 2.05) is 31.3 Å². The predicted octanol–water partition coefficient (Wildman–Crippen LogP) is 4.12. The SMILES string of the molecule is Cc1ccc(NC2CCN(c3ccccn3)CC2)cc1Cl. The molecule has 1 aliphatic heterocycles. The molecule has 110 valence electrons. The summed E-state index contributed by atoms with van der Waals surface area (Å²) in [7, 11) is 0. The Bertz CT molecular complexity index is 592. The maximum absolute atomic E-state index is 6.18. The van der Waals surface area contributed by atoms with Crippen LogP contribution in [0.15, 0.2) is 42.6 Å². The minimum atomic E-state index is 0.503. The lowest BCUT2D eigenvalue weighted by Gasteiger charge is -2.33. The summed E-state index contributed by atoms with van der Waals surface area (Å²) in [5.41, 5.74) is 2.23. The monoisotopic (exact) mass is 301 g/mol. The molecule has 0 atom stereocenters. The van der Waals surface area contributed by atoms with Gasteiger partial charge in [0.1, 0.15) is 5.82 Å². The molecule has 2 heterocycles. The average Bonchev–Trinajstić information content (AvgIpc) is 2.53. The number of halogens is 1. The van der Waals surface area contributed by atoms with E-state index in [0.717, 1.165) is 48.0 Å². The minimum Gasteiger partial charge on any atom is -0.382 e. The van der Waals surface area contributed by atoms with Crippen LogP contribution >= 0.6 is 11.6 Å². The maximum atomic E-state index is 6.18. The highest BCUT2D eigenvalue weighted by Gasteiger charge is 2.19. The van der Waals surface area contributed by atoms with Gasteiger partial charge in [-0.2, -0.15) is 0 Å². The Kier molecular flexibility index (Phi) is 4.30. The fourth-order valence-corrected chi connectivity index (χ4v) is 2.89. The summed E-state index contributed by atoms with van der Waals surface area (Å²) in [5.74, 6) is 1.08. The summed E-state index contributed by atoms with van der Waals surface area (Å²) in [5, 5.41) is 4.41. The van der Waals surface area contributed by atoms with E-state index >= 15 is 0 Å². The number of nitrogens with zero attached hydrogens (tertiary/aromatic N) is 2. The molecule has 2 aromatic rings. The van der Waals surface area contributed by atoms with Crippen LogP contribution in [0.25, 0.3) is 0 Å². The minimum absolute atomic E-state index is 0.503. The van der Waals surface area contributed by atoms with Crippen molar-refractivity contribution in [1.82, 2.24) is 4.98 Å². The molecule has 1 fully saturated rings. The van der Waals surface area contributed by atoms with Gasteiger partial charge in [0.2, 0.25) is 0 Å². The van der Waals surface area contributed by atoms with Crippen molar-refractivity contribution in [2.45, 2.75) is 25.8 Å². The van der Waals surface area contributed by atoms with Crippen LogP contribution in [0.1, 0.15) is 18.4 Å². The molecule has 0 amide bonds. The number of rotatable bonds is 3. The highest BCUT2D eigenvalue weighted by atomic mass is 35.5. The third-order valence-electron chi connectivity index (χ3n) is 4.01. The normalized spacial score (nSPS) is 16.0. The van der Waals surface area contributed by atoms with Gasteiger partial charge in [-0.05, 0) is 49.6 Å². The Balaban J connectivity index is 1.57. The van der Waals surface area contributed by atoms with Gasteiger partial charge in [-0.25, -0.2) is 4.98 Å². The van der Waals surface area contributed by atoms with Crippen LogP contribution < -0.4 is 10.2 Å². The predicted molar refractivity (Wildman–Crippen MR) is 89.3 cm³/mol. The van der Waals surface area contributed by atoms with Gasteiger partial charge in [0.15, 0.2) is 0 Å². The van der Waals surface area contributed by atoms with E-state index < -0.39 is 0 Å². The molecule has 1 aliphatic rings. The van der Waals surface area contributed by atoms with Crippen molar-refractivity contribution in [2.24, 2.45) is 0 Å². The number of aromatic nitrogens is 1. The van der Waals surface area contributed by atoms with Gasteiger partial charge in [-0.1, -0.05) is 23.7 Å². The van der Waals surface area contributed by atoms with E-state index in [-0.39, 0.29) is 0 Å².